The van der Waals surface area contributed by atoms with Crippen LogP contribution in [0.25, 0.3) is 38.5 Å². The lowest BCUT2D eigenvalue weighted by Crippen LogP contribution is -2.27. The number of rotatable bonds is 0. The van der Waals surface area contributed by atoms with Gasteiger partial charge in [0.25, 0.3) is 5.65 Å². The first-order valence-corrected chi connectivity index (χ1v) is 7.67. The Balaban J connectivity index is 2.30. The zero-order chi connectivity index (χ0) is 15.6. The van der Waals surface area contributed by atoms with Crippen molar-refractivity contribution in [2.24, 2.45) is 7.05 Å². The van der Waals surface area contributed by atoms with Crippen molar-refractivity contribution in [3.05, 3.63) is 60.6 Å². The molecule has 0 aliphatic rings. The summed E-state index contributed by atoms with van der Waals surface area (Å²) in [7, 11) is 2.12. The monoisotopic (exact) mass is 299 g/mol. The molecular weight excluding hydrogens is 284 g/mol. The molecule has 0 N–H and O–H groups in total. The summed E-state index contributed by atoms with van der Waals surface area (Å²) in [5, 5.41) is 3.54. The molecule has 3 aromatic heterocycles. The third kappa shape index (κ3) is 1.47. The highest BCUT2D eigenvalue weighted by Crippen LogP contribution is 2.31. The van der Waals surface area contributed by atoms with Crippen LogP contribution in [0.4, 0.5) is 0 Å². The predicted molar refractivity (Wildman–Crippen MR) is 91.4 cm³/mol. The minimum atomic E-state index is 0.949. The van der Waals surface area contributed by atoms with Crippen LogP contribution in [0.5, 0.6) is 0 Å². The summed E-state index contributed by atoms with van der Waals surface area (Å²) in [4.78, 5) is 8.85. The number of benzene rings is 2. The summed E-state index contributed by atoms with van der Waals surface area (Å²) in [5.74, 6) is 0. The first-order valence-electron chi connectivity index (χ1n) is 7.67. The van der Waals surface area contributed by atoms with Gasteiger partial charge in [-0.05, 0) is 24.6 Å². The van der Waals surface area contributed by atoms with Gasteiger partial charge in [0.15, 0.2) is 11.0 Å². The Morgan fingerprint density at radius 1 is 1.00 bits per heavy atom. The van der Waals surface area contributed by atoms with Crippen LogP contribution in [0.2, 0.25) is 0 Å². The van der Waals surface area contributed by atoms with Crippen molar-refractivity contribution in [3.8, 4) is 0 Å². The fraction of sp³-hybridized carbons (Fsp3) is 0.105. The molecule has 23 heavy (non-hydrogen) atoms. The minimum Gasteiger partial charge on any atom is -0.244 e. The fourth-order valence-electron chi connectivity index (χ4n) is 3.69. The lowest BCUT2D eigenvalue weighted by atomic mass is 10.0. The molecule has 0 unspecified atom stereocenters. The smallest absolute Gasteiger partial charge is 0.244 e. The first-order chi connectivity index (χ1) is 11.3. The van der Waals surface area contributed by atoms with Gasteiger partial charge in [0, 0.05) is 11.6 Å². The Kier molecular flexibility index (Phi) is 2.32. The average Bonchev–Trinajstić information content (AvgIpc) is 2.89. The second-order valence-corrected chi connectivity index (χ2v) is 5.96. The molecule has 0 spiro atoms. The first kappa shape index (κ1) is 12.5. The molecule has 0 radical (unpaired) electrons. The van der Waals surface area contributed by atoms with Gasteiger partial charge in [0.1, 0.15) is 6.33 Å². The van der Waals surface area contributed by atoms with Gasteiger partial charge in [-0.2, -0.15) is 9.38 Å². The number of fused-ring (bicyclic) bond motifs is 8. The van der Waals surface area contributed by atoms with Gasteiger partial charge in [-0.1, -0.05) is 30.3 Å². The van der Waals surface area contributed by atoms with E-state index in [2.05, 4.69) is 75.4 Å². The van der Waals surface area contributed by atoms with Crippen molar-refractivity contribution < 1.29 is 4.57 Å². The lowest BCUT2D eigenvalue weighted by molar-refractivity contribution is -0.617. The van der Waals surface area contributed by atoms with Gasteiger partial charge in [0.2, 0.25) is 5.65 Å². The number of nitrogens with zero attached hydrogens (tertiary/aromatic N) is 4. The van der Waals surface area contributed by atoms with E-state index in [0.717, 1.165) is 11.0 Å². The summed E-state index contributed by atoms with van der Waals surface area (Å²) in [6.07, 6.45) is 3.54. The van der Waals surface area contributed by atoms with Crippen molar-refractivity contribution in [2.75, 3.05) is 0 Å². The molecule has 0 saturated heterocycles. The zero-order valence-electron chi connectivity index (χ0n) is 13.0. The third-order valence-electron chi connectivity index (χ3n) is 4.70. The van der Waals surface area contributed by atoms with E-state index in [4.69, 9.17) is 0 Å². The molecule has 3 heterocycles. The van der Waals surface area contributed by atoms with Crippen LogP contribution in [0.1, 0.15) is 5.56 Å². The zero-order valence-corrected chi connectivity index (χ0v) is 13.0. The van der Waals surface area contributed by atoms with Crippen LogP contribution in [-0.2, 0) is 7.05 Å². The summed E-state index contributed by atoms with van der Waals surface area (Å²) in [5.41, 5.74) is 5.74. The molecule has 0 aliphatic heterocycles. The van der Waals surface area contributed by atoms with E-state index in [9.17, 15) is 0 Å². The van der Waals surface area contributed by atoms with Crippen LogP contribution in [-0.4, -0.2) is 14.4 Å². The third-order valence-corrected chi connectivity index (χ3v) is 4.70. The van der Waals surface area contributed by atoms with E-state index in [1.807, 2.05) is 6.20 Å². The van der Waals surface area contributed by atoms with E-state index in [1.165, 1.54) is 33.0 Å². The molecule has 4 heteroatoms. The SMILES string of the molecule is Cc1cccc2c3cncnc3n3c4ccccc4[n+](C)c3c12. The number of hydrogen-bond acceptors (Lipinski definition) is 2. The Morgan fingerprint density at radius 3 is 2.78 bits per heavy atom. The van der Waals surface area contributed by atoms with E-state index in [-0.39, 0.29) is 0 Å². The van der Waals surface area contributed by atoms with Gasteiger partial charge in [-0.15, -0.1) is 0 Å². The van der Waals surface area contributed by atoms with Crippen LogP contribution in [0.3, 0.4) is 0 Å². The van der Waals surface area contributed by atoms with Gasteiger partial charge in [-0.3, -0.25) is 0 Å². The summed E-state index contributed by atoms with van der Waals surface area (Å²) in [6, 6.07) is 14.9. The Labute approximate surface area is 132 Å². The van der Waals surface area contributed by atoms with Crippen LogP contribution in [0.15, 0.2) is 55.0 Å². The predicted octanol–water partition coefficient (Wildman–Crippen LogP) is 3.32. The number of para-hydroxylation sites is 2. The summed E-state index contributed by atoms with van der Waals surface area (Å²) in [6.45, 7) is 2.16. The number of imidazole rings is 1. The molecule has 0 aliphatic carbocycles. The van der Waals surface area contributed by atoms with Crippen molar-refractivity contribution >= 4 is 38.5 Å². The van der Waals surface area contributed by atoms with Crippen LogP contribution in [0, 0.1) is 6.92 Å². The molecule has 0 atom stereocenters. The van der Waals surface area contributed by atoms with E-state index in [1.54, 1.807) is 6.33 Å². The van der Waals surface area contributed by atoms with Gasteiger partial charge < -0.3 is 0 Å². The van der Waals surface area contributed by atoms with Crippen LogP contribution < -0.4 is 4.57 Å². The maximum Gasteiger partial charge on any atom is 0.297 e. The summed E-state index contributed by atoms with van der Waals surface area (Å²) < 4.78 is 4.51. The molecule has 110 valence electrons. The van der Waals surface area contributed by atoms with E-state index >= 15 is 0 Å². The second kappa shape index (κ2) is 4.26. The largest absolute Gasteiger partial charge is 0.297 e. The maximum absolute atomic E-state index is 4.59. The topological polar surface area (TPSA) is 34.1 Å². The summed E-state index contributed by atoms with van der Waals surface area (Å²) >= 11 is 0. The highest BCUT2D eigenvalue weighted by molar-refractivity contribution is 6.12. The van der Waals surface area contributed by atoms with Crippen molar-refractivity contribution in [3.63, 3.8) is 0 Å². The molecule has 0 amide bonds. The molecule has 5 rings (SSSR count). The molecular formula is C19H15N4+. The lowest BCUT2D eigenvalue weighted by Gasteiger charge is -2.05. The Bertz CT molecular complexity index is 1230. The second-order valence-electron chi connectivity index (χ2n) is 5.96. The van der Waals surface area contributed by atoms with Crippen molar-refractivity contribution in [2.45, 2.75) is 6.92 Å². The quantitative estimate of drug-likeness (QED) is 0.325. The highest BCUT2D eigenvalue weighted by Gasteiger charge is 2.24. The van der Waals surface area contributed by atoms with E-state index < -0.39 is 0 Å². The minimum absolute atomic E-state index is 0.949. The van der Waals surface area contributed by atoms with Crippen molar-refractivity contribution in [1.82, 2.24) is 14.4 Å². The number of pyridine rings is 1. The molecule has 0 bridgehead atoms. The maximum atomic E-state index is 4.59. The number of aryl methyl sites for hydroxylation is 2. The van der Waals surface area contributed by atoms with E-state index in [0.29, 0.717) is 0 Å². The van der Waals surface area contributed by atoms with Gasteiger partial charge in [-0.25, -0.2) is 9.55 Å². The Morgan fingerprint density at radius 2 is 1.87 bits per heavy atom. The van der Waals surface area contributed by atoms with Crippen molar-refractivity contribution in [1.29, 1.82) is 0 Å². The Hall–Kier alpha value is -3.01. The van der Waals surface area contributed by atoms with Crippen LogP contribution >= 0.6 is 0 Å². The molecule has 0 saturated carbocycles. The number of hydrogen-bond donors (Lipinski definition) is 0. The number of aromatic nitrogens is 4. The van der Waals surface area contributed by atoms with Gasteiger partial charge >= 0.3 is 0 Å². The molecule has 0 fully saturated rings. The highest BCUT2D eigenvalue weighted by atomic mass is 15.1. The van der Waals surface area contributed by atoms with Gasteiger partial charge in [0.05, 0.1) is 17.8 Å². The molecule has 5 aromatic rings. The normalized spacial score (nSPS) is 11.9. The average molecular weight is 299 g/mol. The molecule has 2 aromatic carbocycles. The molecule has 4 nitrogen and oxygen atoms in total. The standard InChI is InChI=1S/C19H15N4/c1-12-6-5-7-13-14-10-20-11-21-18(14)23-16-9-4-3-8-15(16)22(2)19(23)17(12)13/h3-11H,1-2H3/q+1. The fourth-order valence-corrected chi connectivity index (χ4v) is 3.69.